The Balaban J connectivity index is 1.64. The van der Waals surface area contributed by atoms with E-state index in [1.807, 2.05) is 55.5 Å². The number of amides is 1. The van der Waals surface area contributed by atoms with Crippen molar-refractivity contribution < 1.29 is 23.8 Å². The summed E-state index contributed by atoms with van der Waals surface area (Å²) < 4.78 is 15.5. The number of aromatic amines is 1. The van der Waals surface area contributed by atoms with E-state index in [1.54, 1.807) is 38.5 Å². The molecule has 0 bridgehead atoms. The molecule has 0 saturated heterocycles. The number of H-pyrrole nitrogens is 1. The summed E-state index contributed by atoms with van der Waals surface area (Å²) in [6.07, 6.45) is 0.549. The van der Waals surface area contributed by atoms with E-state index in [9.17, 15) is 9.59 Å². The van der Waals surface area contributed by atoms with Gasteiger partial charge in [0.15, 0.2) is 5.16 Å². The fourth-order valence-corrected chi connectivity index (χ4v) is 4.79. The molecule has 3 aromatic carbocycles. The van der Waals surface area contributed by atoms with Gasteiger partial charge in [-0.05, 0) is 67.1 Å². The number of nitrogens with one attached hydrogen (secondary N) is 2. The smallest absolute Gasteiger partial charge is 0.339 e. The summed E-state index contributed by atoms with van der Waals surface area (Å²) >= 11 is 1.33. The predicted octanol–water partition coefficient (Wildman–Crippen LogP) is 6.06. The SMILES string of the molecule is CCC(Sc1nc(-c2ccc(OC)cc2)c(-c2ccc(OC)cc2)[nH]1)C(=O)Nc1ccccc1C(=O)OC. The second kappa shape index (κ2) is 12.3. The Bertz CT molecular complexity index is 1340. The molecular weight excluding hydrogens is 502 g/mol. The second-order valence-corrected chi connectivity index (χ2v) is 9.46. The zero-order chi connectivity index (χ0) is 27.1. The molecule has 0 aliphatic heterocycles. The molecule has 4 rings (SSSR count). The maximum Gasteiger partial charge on any atom is 0.339 e. The number of imidazole rings is 1. The maximum absolute atomic E-state index is 13.2. The van der Waals surface area contributed by atoms with E-state index in [-0.39, 0.29) is 5.91 Å². The highest BCUT2D eigenvalue weighted by Gasteiger charge is 2.24. The average Bonchev–Trinajstić information content (AvgIpc) is 3.39. The minimum absolute atomic E-state index is 0.234. The van der Waals surface area contributed by atoms with Gasteiger partial charge in [-0.1, -0.05) is 30.8 Å². The number of methoxy groups -OCH3 is 3. The van der Waals surface area contributed by atoms with E-state index in [4.69, 9.17) is 19.2 Å². The quantitative estimate of drug-likeness (QED) is 0.189. The monoisotopic (exact) mass is 531 g/mol. The first-order valence-corrected chi connectivity index (χ1v) is 12.9. The van der Waals surface area contributed by atoms with Crippen molar-refractivity contribution in [3.8, 4) is 34.0 Å². The number of carbonyl (C=O) groups is 2. The lowest BCUT2D eigenvalue weighted by Gasteiger charge is -2.15. The molecule has 196 valence electrons. The summed E-state index contributed by atoms with van der Waals surface area (Å²) in [6.45, 7) is 1.93. The summed E-state index contributed by atoms with van der Waals surface area (Å²) in [7, 11) is 4.56. The van der Waals surface area contributed by atoms with Gasteiger partial charge in [-0.3, -0.25) is 4.79 Å². The zero-order valence-corrected chi connectivity index (χ0v) is 22.4. The first-order chi connectivity index (χ1) is 18.5. The van der Waals surface area contributed by atoms with Gasteiger partial charge < -0.3 is 24.5 Å². The van der Waals surface area contributed by atoms with Crippen molar-refractivity contribution in [2.24, 2.45) is 0 Å². The lowest BCUT2D eigenvalue weighted by molar-refractivity contribution is -0.115. The molecule has 0 aliphatic carbocycles. The Kier molecular flexibility index (Phi) is 8.70. The molecule has 38 heavy (non-hydrogen) atoms. The van der Waals surface area contributed by atoms with Crippen LogP contribution in [0.15, 0.2) is 78.0 Å². The molecule has 1 unspecified atom stereocenters. The molecule has 9 heteroatoms. The average molecular weight is 532 g/mol. The summed E-state index contributed by atoms with van der Waals surface area (Å²) in [5, 5.41) is 3.02. The normalized spacial score (nSPS) is 11.5. The number of thioether (sulfide) groups is 1. The van der Waals surface area contributed by atoms with Crippen molar-refractivity contribution in [1.29, 1.82) is 0 Å². The Hall–Kier alpha value is -4.24. The van der Waals surface area contributed by atoms with Crippen LogP contribution in [0.1, 0.15) is 23.7 Å². The number of aromatic nitrogens is 2. The van der Waals surface area contributed by atoms with Crippen LogP contribution in [0.4, 0.5) is 5.69 Å². The Labute approximate surface area is 225 Å². The van der Waals surface area contributed by atoms with E-state index in [1.165, 1.54) is 18.9 Å². The van der Waals surface area contributed by atoms with Crippen molar-refractivity contribution in [1.82, 2.24) is 9.97 Å². The van der Waals surface area contributed by atoms with Gasteiger partial charge in [-0.2, -0.15) is 0 Å². The standard InChI is InChI=1S/C29H29N3O5S/c1-5-24(27(33)30-23-9-7-6-8-22(23)28(34)37-4)38-29-31-25(18-10-14-20(35-2)15-11-18)26(32-29)19-12-16-21(36-3)17-13-19/h6-17,24H,5H2,1-4H3,(H,30,33)(H,31,32). The Morgan fingerprint density at radius 1 is 0.895 bits per heavy atom. The molecule has 1 atom stereocenters. The minimum Gasteiger partial charge on any atom is -0.497 e. The zero-order valence-electron chi connectivity index (χ0n) is 21.6. The van der Waals surface area contributed by atoms with Gasteiger partial charge in [0.05, 0.1) is 49.2 Å². The number of nitrogens with zero attached hydrogens (tertiary/aromatic N) is 1. The third-order valence-corrected chi connectivity index (χ3v) is 7.18. The van der Waals surface area contributed by atoms with Crippen LogP contribution in [0.2, 0.25) is 0 Å². The van der Waals surface area contributed by atoms with Crippen molar-refractivity contribution in [3.05, 3.63) is 78.4 Å². The molecular formula is C29H29N3O5S. The molecule has 0 saturated carbocycles. The number of anilines is 1. The van der Waals surface area contributed by atoms with Gasteiger partial charge in [0, 0.05) is 11.1 Å². The van der Waals surface area contributed by atoms with E-state index in [0.29, 0.717) is 22.8 Å². The number of hydrogen-bond acceptors (Lipinski definition) is 7. The molecule has 0 spiro atoms. The number of esters is 1. The number of ether oxygens (including phenoxy) is 3. The van der Waals surface area contributed by atoms with Gasteiger partial charge in [0.2, 0.25) is 5.91 Å². The molecule has 0 radical (unpaired) electrons. The second-order valence-electron chi connectivity index (χ2n) is 8.26. The summed E-state index contributed by atoms with van der Waals surface area (Å²) in [5.74, 6) is 0.756. The van der Waals surface area contributed by atoms with Crippen molar-refractivity contribution >= 4 is 29.3 Å². The predicted molar refractivity (Wildman–Crippen MR) is 149 cm³/mol. The number of hydrogen-bond donors (Lipinski definition) is 2. The van der Waals surface area contributed by atoms with Crippen molar-refractivity contribution in [2.75, 3.05) is 26.6 Å². The summed E-state index contributed by atoms with van der Waals surface area (Å²) in [6, 6.07) is 22.1. The maximum atomic E-state index is 13.2. The van der Waals surface area contributed by atoms with Crippen LogP contribution < -0.4 is 14.8 Å². The van der Waals surface area contributed by atoms with Crippen LogP contribution in [-0.2, 0) is 9.53 Å². The van der Waals surface area contributed by atoms with Crippen LogP contribution in [0.25, 0.3) is 22.5 Å². The topological polar surface area (TPSA) is 103 Å². The molecule has 1 amide bonds. The highest BCUT2D eigenvalue weighted by atomic mass is 32.2. The highest BCUT2D eigenvalue weighted by Crippen LogP contribution is 2.36. The van der Waals surface area contributed by atoms with Crippen LogP contribution in [0.3, 0.4) is 0 Å². The highest BCUT2D eigenvalue weighted by molar-refractivity contribution is 8.00. The largest absolute Gasteiger partial charge is 0.497 e. The number of benzene rings is 3. The Morgan fingerprint density at radius 3 is 2.08 bits per heavy atom. The fraction of sp³-hybridized carbons (Fsp3) is 0.207. The van der Waals surface area contributed by atoms with Crippen molar-refractivity contribution in [3.63, 3.8) is 0 Å². The first kappa shape index (κ1) is 26.8. The van der Waals surface area contributed by atoms with E-state index in [2.05, 4.69) is 10.3 Å². The first-order valence-electron chi connectivity index (χ1n) is 12.0. The molecule has 1 heterocycles. The molecule has 8 nitrogen and oxygen atoms in total. The van der Waals surface area contributed by atoms with Crippen LogP contribution in [0.5, 0.6) is 11.5 Å². The number of carbonyl (C=O) groups excluding carboxylic acids is 2. The molecule has 2 N–H and O–H groups in total. The number of para-hydroxylation sites is 1. The minimum atomic E-state index is -0.513. The van der Waals surface area contributed by atoms with E-state index in [0.717, 1.165) is 34.0 Å². The van der Waals surface area contributed by atoms with Gasteiger partial charge in [0.25, 0.3) is 0 Å². The molecule has 0 aliphatic rings. The van der Waals surface area contributed by atoms with E-state index < -0.39 is 11.2 Å². The fourth-order valence-electron chi connectivity index (χ4n) is 3.88. The number of rotatable bonds is 10. The molecule has 4 aromatic rings. The van der Waals surface area contributed by atoms with Gasteiger partial charge in [-0.15, -0.1) is 0 Å². The lowest BCUT2D eigenvalue weighted by Crippen LogP contribution is -2.25. The molecule has 0 fully saturated rings. The van der Waals surface area contributed by atoms with Gasteiger partial charge >= 0.3 is 5.97 Å². The third-order valence-electron chi connectivity index (χ3n) is 5.93. The summed E-state index contributed by atoms with van der Waals surface area (Å²) in [4.78, 5) is 33.6. The van der Waals surface area contributed by atoms with Crippen LogP contribution >= 0.6 is 11.8 Å². The van der Waals surface area contributed by atoms with Gasteiger partial charge in [-0.25, -0.2) is 9.78 Å². The van der Waals surface area contributed by atoms with Crippen molar-refractivity contribution in [2.45, 2.75) is 23.8 Å². The van der Waals surface area contributed by atoms with Gasteiger partial charge in [0.1, 0.15) is 11.5 Å². The lowest BCUT2D eigenvalue weighted by atomic mass is 10.0. The Morgan fingerprint density at radius 2 is 1.50 bits per heavy atom. The van der Waals surface area contributed by atoms with Crippen LogP contribution in [0, 0.1) is 0 Å². The molecule has 1 aromatic heterocycles. The van der Waals surface area contributed by atoms with E-state index >= 15 is 0 Å². The third kappa shape index (κ3) is 6.00. The van der Waals surface area contributed by atoms with Crippen LogP contribution in [-0.4, -0.2) is 48.4 Å². The summed E-state index contributed by atoms with van der Waals surface area (Å²) in [5.41, 5.74) is 4.12.